The van der Waals surface area contributed by atoms with E-state index in [9.17, 15) is 4.79 Å². The summed E-state index contributed by atoms with van der Waals surface area (Å²) in [4.78, 5) is 11.7. The van der Waals surface area contributed by atoms with Crippen molar-refractivity contribution in [3.05, 3.63) is 29.3 Å². The Hall–Kier alpha value is -1.35. The number of benzene rings is 1. The number of ether oxygens (including phenoxy) is 1. The van der Waals surface area contributed by atoms with Crippen LogP contribution in [0.25, 0.3) is 0 Å². The molecule has 0 amide bonds. The first kappa shape index (κ1) is 7.09. The lowest BCUT2D eigenvalue weighted by Gasteiger charge is -2.13. The molecule has 1 aromatic rings. The van der Waals surface area contributed by atoms with Crippen molar-refractivity contribution in [2.45, 2.75) is 19.2 Å². The summed E-state index contributed by atoms with van der Waals surface area (Å²) < 4.78 is 5.50. The molecule has 0 spiro atoms. The minimum Gasteiger partial charge on any atom is -0.472 e. The zero-order chi connectivity index (χ0) is 9.00. The Bertz CT molecular complexity index is 400. The summed E-state index contributed by atoms with van der Waals surface area (Å²) >= 11 is 0. The van der Waals surface area contributed by atoms with Gasteiger partial charge in [0.25, 0.3) is 0 Å². The Morgan fingerprint density at radius 3 is 3.15 bits per heavy atom. The molecule has 1 fully saturated rings. The van der Waals surface area contributed by atoms with Crippen LogP contribution in [0.4, 0.5) is 0 Å². The van der Waals surface area contributed by atoms with E-state index < -0.39 is 0 Å². The van der Waals surface area contributed by atoms with Gasteiger partial charge < -0.3 is 4.74 Å². The van der Waals surface area contributed by atoms with E-state index in [-0.39, 0.29) is 18.1 Å². The Kier molecular flexibility index (Phi) is 1.15. The van der Waals surface area contributed by atoms with Gasteiger partial charge in [-0.25, -0.2) is 0 Å². The zero-order valence-electron chi connectivity index (χ0n) is 7.20. The molecule has 0 aliphatic carbocycles. The molecule has 0 bridgehead atoms. The predicted molar refractivity (Wildman–Crippen MR) is 46.8 cm³/mol. The summed E-state index contributed by atoms with van der Waals surface area (Å²) in [5.41, 5.74) is 1.81. The van der Waals surface area contributed by atoms with Gasteiger partial charge in [0.2, 0.25) is 0 Å². The highest BCUT2D eigenvalue weighted by atomic mass is 16.5. The smallest absolute Gasteiger partial charge is 0.188 e. The minimum absolute atomic E-state index is 0.0669. The van der Waals surface area contributed by atoms with Crippen LogP contribution in [0.5, 0.6) is 5.75 Å². The number of fused-ring (bicyclic) bond motifs is 2. The number of hydrogen-bond acceptors (Lipinski definition) is 3. The van der Waals surface area contributed by atoms with Crippen LogP contribution in [-0.4, -0.2) is 18.1 Å². The molecule has 3 nitrogen and oxygen atoms in total. The number of carbonyl (C=O) groups is 1. The largest absolute Gasteiger partial charge is 0.472 e. The normalized spacial score (nSPS) is 28.8. The number of aryl methyl sites for hydroxylation is 1. The fourth-order valence-electron chi connectivity index (χ4n) is 1.68. The van der Waals surface area contributed by atoms with Crippen LogP contribution < -0.4 is 10.1 Å². The van der Waals surface area contributed by atoms with Crippen LogP contribution in [0.15, 0.2) is 18.2 Å². The van der Waals surface area contributed by atoms with Gasteiger partial charge in [0.1, 0.15) is 11.8 Å². The molecule has 0 aromatic heterocycles. The van der Waals surface area contributed by atoms with Crippen LogP contribution in [0.3, 0.4) is 0 Å². The fraction of sp³-hybridized carbons (Fsp3) is 0.300. The average Bonchev–Trinajstić information content (AvgIpc) is 2.86. The number of nitrogens with one attached hydrogen (secondary N) is 1. The third-order valence-corrected chi connectivity index (χ3v) is 2.47. The average molecular weight is 175 g/mol. The van der Waals surface area contributed by atoms with Crippen LogP contribution in [0.2, 0.25) is 0 Å². The van der Waals surface area contributed by atoms with Gasteiger partial charge in [-0.1, -0.05) is 11.6 Å². The number of carbonyl (C=O) groups excluding carboxylic acids is 1. The van der Waals surface area contributed by atoms with Crippen LogP contribution in [0.1, 0.15) is 15.9 Å². The predicted octanol–water partition coefficient (Wildman–Crippen LogP) is 0.868. The van der Waals surface area contributed by atoms with Gasteiger partial charge in [-0.15, -0.1) is 0 Å². The van der Waals surface area contributed by atoms with Crippen LogP contribution >= 0.6 is 0 Å². The molecule has 1 aromatic carbocycles. The van der Waals surface area contributed by atoms with E-state index in [1.807, 2.05) is 25.1 Å². The molecular formula is C10H9NO2. The first-order valence-corrected chi connectivity index (χ1v) is 4.33. The maximum atomic E-state index is 11.7. The van der Waals surface area contributed by atoms with Gasteiger partial charge in [0.15, 0.2) is 12.0 Å². The van der Waals surface area contributed by atoms with Crippen molar-refractivity contribution in [1.82, 2.24) is 5.32 Å². The number of Topliss-reactive ketones (excluding diaryl/α,β-unsaturated/α-hetero) is 1. The lowest BCUT2D eigenvalue weighted by Crippen LogP contribution is -2.20. The molecular weight excluding hydrogens is 166 g/mol. The standard InChI is InChI=1S/C10H9NO2/c1-5-2-3-7-6(4-5)9(12)8-10(11-8)13-7/h2-4,8,10-11H,1H3. The topological polar surface area (TPSA) is 48.2 Å². The quantitative estimate of drug-likeness (QED) is 0.595. The Balaban J connectivity index is 2.16. The molecule has 66 valence electrons. The van der Waals surface area contributed by atoms with Gasteiger partial charge in [0.05, 0.1) is 5.56 Å². The lowest BCUT2D eigenvalue weighted by atomic mass is 10.0. The summed E-state index contributed by atoms with van der Waals surface area (Å²) in [7, 11) is 0. The second-order valence-corrected chi connectivity index (χ2v) is 3.55. The van der Waals surface area contributed by atoms with Gasteiger partial charge in [-0.2, -0.15) is 0 Å². The maximum Gasteiger partial charge on any atom is 0.188 e. The second-order valence-electron chi connectivity index (χ2n) is 3.55. The third kappa shape index (κ3) is 0.906. The molecule has 2 heterocycles. The first-order valence-electron chi connectivity index (χ1n) is 4.33. The van der Waals surface area contributed by atoms with E-state index in [2.05, 4.69) is 5.32 Å². The summed E-state index contributed by atoms with van der Waals surface area (Å²) in [6, 6.07) is 5.61. The maximum absolute atomic E-state index is 11.7. The van der Waals surface area contributed by atoms with Crippen molar-refractivity contribution in [3.63, 3.8) is 0 Å². The zero-order valence-corrected chi connectivity index (χ0v) is 7.20. The minimum atomic E-state index is -0.0886. The molecule has 3 rings (SSSR count). The van der Waals surface area contributed by atoms with E-state index in [0.717, 1.165) is 5.56 Å². The molecule has 2 atom stereocenters. The van der Waals surface area contributed by atoms with E-state index in [0.29, 0.717) is 11.3 Å². The first-order chi connectivity index (χ1) is 6.25. The molecule has 0 radical (unpaired) electrons. The van der Waals surface area contributed by atoms with Crippen LogP contribution in [-0.2, 0) is 0 Å². The van der Waals surface area contributed by atoms with E-state index in [1.165, 1.54) is 0 Å². The van der Waals surface area contributed by atoms with E-state index in [1.54, 1.807) is 0 Å². The SMILES string of the molecule is Cc1ccc2c(c1)C(=O)C1NC1O2. The van der Waals surface area contributed by atoms with Gasteiger partial charge >= 0.3 is 0 Å². The summed E-state index contributed by atoms with van der Waals surface area (Å²) in [5.74, 6) is 0.872. The van der Waals surface area contributed by atoms with E-state index >= 15 is 0 Å². The fourth-order valence-corrected chi connectivity index (χ4v) is 1.68. The molecule has 13 heavy (non-hydrogen) atoms. The van der Waals surface area contributed by atoms with Gasteiger partial charge in [-0.3, -0.25) is 10.1 Å². The second kappa shape index (κ2) is 2.12. The Labute approximate surface area is 75.7 Å². The number of rotatable bonds is 0. The molecule has 2 aliphatic heterocycles. The molecule has 3 heteroatoms. The third-order valence-electron chi connectivity index (χ3n) is 2.47. The summed E-state index contributed by atoms with van der Waals surface area (Å²) in [6.45, 7) is 1.97. The highest BCUT2D eigenvalue weighted by Crippen LogP contribution is 2.33. The molecule has 0 saturated carbocycles. The monoisotopic (exact) mass is 175 g/mol. The lowest BCUT2D eigenvalue weighted by molar-refractivity contribution is 0.0954. The molecule has 2 unspecified atom stereocenters. The van der Waals surface area contributed by atoms with Crippen molar-refractivity contribution < 1.29 is 9.53 Å². The number of hydrogen-bond donors (Lipinski definition) is 1. The Morgan fingerprint density at radius 2 is 2.31 bits per heavy atom. The Morgan fingerprint density at radius 1 is 1.46 bits per heavy atom. The van der Waals surface area contributed by atoms with Crippen molar-refractivity contribution in [3.8, 4) is 5.75 Å². The number of ketones is 1. The van der Waals surface area contributed by atoms with Gasteiger partial charge in [0, 0.05) is 0 Å². The summed E-state index contributed by atoms with van der Waals surface area (Å²) in [5, 5.41) is 2.97. The highest BCUT2D eigenvalue weighted by Gasteiger charge is 2.49. The molecule has 1 saturated heterocycles. The van der Waals surface area contributed by atoms with Crippen molar-refractivity contribution in [2.24, 2.45) is 0 Å². The molecule has 2 aliphatic rings. The van der Waals surface area contributed by atoms with Gasteiger partial charge in [-0.05, 0) is 19.1 Å². The van der Waals surface area contributed by atoms with Crippen molar-refractivity contribution >= 4 is 5.78 Å². The highest BCUT2D eigenvalue weighted by molar-refractivity contribution is 6.05. The van der Waals surface area contributed by atoms with Crippen molar-refractivity contribution in [1.29, 1.82) is 0 Å². The van der Waals surface area contributed by atoms with Crippen LogP contribution in [0, 0.1) is 6.92 Å². The summed E-state index contributed by atoms with van der Waals surface area (Å²) in [6.07, 6.45) is -0.0669. The van der Waals surface area contributed by atoms with Crippen molar-refractivity contribution in [2.75, 3.05) is 0 Å². The molecule has 1 N–H and O–H groups in total. The van der Waals surface area contributed by atoms with E-state index in [4.69, 9.17) is 4.74 Å².